The van der Waals surface area contributed by atoms with Crippen molar-refractivity contribution in [3.63, 3.8) is 0 Å². The number of ether oxygens (including phenoxy) is 1. The van der Waals surface area contributed by atoms with E-state index in [4.69, 9.17) is 4.74 Å². The van der Waals surface area contributed by atoms with Crippen LogP contribution in [-0.2, 0) is 0 Å². The molecule has 126 valence electrons. The van der Waals surface area contributed by atoms with E-state index in [1.165, 1.54) is 12.7 Å². The molecule has 0 atom stereocenters. The summed E-state index contributed by atoms with van der Waals surface area (Å²) in [5, 5.41) is 6.04. The molecular formula is C20H19N3O2. The predicted octanol–water partition coefficient (Wildman–Crippen LogP) is 4.39. The number of benzene rings is 2. The molecule has 1 amide bonds. The number of carbonyl (C=O) groups is 1. The first-order valence-electron chi connectivity index (χ1n) is 7.90. The molecule has 25 heavy (non-hydrogen) atoms. The van der Waals surface area contributed by atoms with Crippen molar-refractivity contribution < 1.29 is 9.53 Å². The smallest absolute Gasteiger partial charge is 0.260 e. The molecular weight excluding hydrogens is 314 g/mol. The van der Waals surface area contributed by atoms with E-state index >= 15 is 0 Å². The Morgan fingerprint density at radius 1 is 0.960 bits per heavy atom. The zero-order valence-electron chi connectivity index (χ0n) is 14.1. The first-order valence-corrected chi connectivity index (χ1v) is 7.90. The van der Waals surface area contributed by atoms with E-state index in [0.717, 1.165) is 11.4 Å². The summed E-state index contributed by atoms with van der Waals surface area (Å²) in [6.45, 7) is 2.05. The van der Waals surface area contributed by atoms with Gasteiger partial charge in [-0.25, -0.2) is 4.98 Å². The van der Waals surface area contributed by atoms with Crippen LogP contribution in [0, 0.1) is 6.92 Å². The molecule has 3 aromatic rings. The highest BCUT2D eigenvalue weighted by molar-refractivity contribution is 6.05. The number of carbonyl (C=O) groups excluding carboxylic acids is 1. The molecule has 5 heteroatoms. The summed E-state index contributed by atoms with van der Waals surface area (Å²) >= 11 is 0. The van der Waals surface area contributed by atoms with E-state index in [9.17, 15) is 4.79 Å². The third-order valence-corrected chi connectivity index (χ3v) is 3.70. The number of anilines is 3. The number of aryl methyl sites for hydroxylation is 1. The van der Waals surface area contributed by atoms with Gasteiger partial charge < -0.3 is 15.4 Å². The Morgan fingerprint density at radius 2 is 1.68 bits per heavy atom. The maximum atomic E-state index is 12.4. The number of rotatable bonds is 5. The van der Waals surface area contributed by atoms with Gasteiger partial charge in [0.05, 0.1) is 24.6 Å². The van der Waals surface area contributed by atoms with Crippen LogP contribution in [0.25, 0.3) is 0 Å². The van der Waals surface area contributed by atoms with Crippen molar-refractivity contribution in [2.24, 2.45) is 0 Å². The Bertz CT molecular complexity index is 859. The Kier molecular flexibility index (Phi) is 4.95. The second-order valence-corrected chi connectivity index (χ2v) is 5.58. The van der Waals surface area contributed by atoms with Gasteiger partial charge in [-0.2, -0.15) is 0 Å². The van der Waals surface area contributed by atoms with Crippen LogP contribution in [-0.4, -0.2) is 18.0 Å². The van der Waals surface area contributed by atoms with Crippen LogP contribution in [0.2, 0.25) is 0 Å². The van der Waals surface area contributed by atoms with Crippen molar-refractivity contribution in [1.82, 2.24) is 4.98 Å². The first kappa shape index (κ1) is 16.5. The molecule has 0 radical (unpaired) electrons. The Hall–Kier alpha value is -3.34. The topological polar surface area (TPSA) is 63.2 Å². The molecule has 0 saturated heterocycles. The quantitative estimate of drug-likeness (QED) is 0.727. The Balaban J connectivity index is 1.68. The summed E-state index contributed by atoms with van der Waals surface area (Å²) < 4.78 is 5.21. The summed E-state index contributed by atoms with van der Waals surface area (Å²) in [6.07, 6.45) is 1.68. The molecule has 1 aromatic heterocycles. The van der Waals surface area contributed by atoms with Gasteiger partial charge in [-0.05, 0) is 43.3 Å². The van der Waals surface area contributed by atoms with Gasteiger partial charge >= 0.3 is 0 Å². The molecule has 1 heterocycles. The van der Waals surface area contributed by atoms with Crippen LogP contribution < -0.4 is 15.4 Å². The highest BCUT2D eigenvalue weighted by Gasteiger charge is 2.12. The number of para-hydroxylation sites is 1. The molecule has 2 aromatic carbocycles. The van der Waals surface area contributed by atoms with Crippen LogP contribution in [0.5, 0.6) is 5.75 Å². The van der Waals surface area contributed by atoms with Gasteiger partial charge in [-0.15, -0.1) is 0 Å². The highest BCUT2D eigenvalue weighted by Crippen LogP contribution is 2.20. The van der Waals surface area contributed by atoms with Crippen LogP contribution >= 0.6 is 0 Å². The average molecular weight is 333 g/mol. The standard InChI is InChI=1S/C20H19N3O2/c1-14-7-9-15(10-8-14)22-16-11-12-19(21-13-16)23-20(24)17-5-3-4-6-18(17)25-2/h3-13,22H,1-2H3,(H,21,23,24). The Labute approximate surface area is 146 Å². The maximum Gasteiger partial charge on any atom is 0.260 e. The SMILES string of the molecule is COc1ccccc1C(=O)Nc1ccc(Nc2ccc(C)cc2)cn1. The molecule has 0 unspecified atom stereocenters. The van der Waals surface area contributed by atoms with E-state index in [1.807, 2.05) is 43.3 Å². The maximum absolute atomic E-state index is 12.4. The fourth-order valence-electron chi connectivity index (χ4n) is 2.36. The van der Waals surface area contributed by atoms with Crippen molar-refractivity contribution >= 4 is 23.1 Å². The normalized spacial score (nSPS) is 10.2. The van der Waals surface area contributed by atoms with Crippen molar-refractivity contribution in [3.05, 3.63) is 78.0 Å². The second kappa shape index (κ2) is 7.49. The van der Waals surface area contributed by atoms with E-state index in [0.29, 0.717) is 17.1 Å². The fourth-order valence-corrected chi connectivity index (χ4v) is 2.36. The predicted molar refractivity (Wildman–Crippen MR) is 99.6 cm³/mol. The summed E-state index contributed by atoms with van der Waals surface area (Å²) in [4.78, 5) is 16.6. The monoisotopic (exact) mass is 333 g/mol. The van der Waals surface area contributed by atoms with E-state index in [-0.39, 0.29) is 5.91 Å². The van der Waals surface area contributed by atoms with Crippen molar-refractivity contribution in [2.45, 2.75) is 6.92 Å². The van der Waals surface area contributed by atoms with Gasteiger partial charge in [0, 0.05) is 5.69 Å². The summed E-state index contributed by atoms with van der Waals surface area (Å²) in [6, 6.07) is 18.8. The minimum Gasteiger partial charge on any atom is -0.496 e. The molecule has 0 spiro atoms. The molecule has 0 aliphatic heterocycles. The summed E-state index contributed by atoms with van der Waals surface area (Å²) in [5.74, 6) is 0.743. The number of nitrogens with zero attached hydrogens (tertiary/aromatic N) is 1. The molecule has 0 saturated carbocycles. The van der Waals surface area contributed by atoms with Crippen LogP contribution in [0.4, 0.5) is 17.2 Å². The van der Waals surface area contributed by atoms with Crippen molar-refractivity contribution in [1.29, 1.82) is 0 Å². The van der Waals surface area contributed by atoms with Gasteiger partial charge in [-0.3, -0.25) is 4.79 Å². The molecule has 0 aliphatic carbocycles. The number of nitrogens with one attached hydrogen (secondary N) is 2. The fraction of sp³-hybridized carbons (Fsp3) is 0.100. The molecule has 2 N–H and O–H groups in total. The third-order valence-electron chi connectivity index (χ3n) is 3.70. The van der Waals surface area contributed by atoms with Gasteiger partial charge in [0.2, 0.25) is 0 Å². The lowest BCUT2D eigenvalue weighted by molar-refractivity contribution is 0.102. The molecule has 0 aliphatic rings. The number of aromatic nitrogens is 1. The number of hydrogen-bond acceptors (Lipinski definition) is 4. The highest BCUT2D eigenvalue weighted by atomic mass is 16.5. The van der Waals surface area contributed by atoms with Gasteiger partial charge in [-0.1, -0.05) is 29.8 Å². The third kappa shape index (κ3) is 4.14. The summed E-state index contributed by atoms with van der Waals surface area (Å²) in [5.41, 5.74) is 3.50. The van der Waals surface area contributed by atoms with Gasteiger partial charge in [0.1, 0.15) is 11.6 Å². The number of amides is 1. The number of hydrogen-bond donors (Lipinski definition) is 2. The zero-order valence-corrected chi connectivity index (χ0v) is 14.1. The Morgan fingerprint density at radius 3 is 2.36 bits per heavy atom. The lowest BCUT2D eigenvalue weighted by Gasteiger charge is -2.10. The average Bonchev–Trinajstić information content (AvgIpc) is 2.65. The molecule has 3 rings (SSSR count). The van der Waals surface area contributed by atoms with Crippen molar-refractivity contribution in [3.8, 4) is 5.75 Å². The minimum absolute atomic E-state index is 0.260. The lowest BCUT2D eigenvalue weighted by atomic mass is 10.2. The van der Waals surface area contributed by atoms with E-state index in [1.54, 1.807) is 30.5 Å². The van der Waals surface area contributed by atoms with Crippen LogP contribution in [0.3, 0.4) is 0 Å². The largest absolute Gasteiger partial charge is 0.496 e. The first-order chi connectivity index (χ1) is 12.2. The van der Waals surface area contributed by atoms with E-state index in [2.05, 4.69) is 15.6 Å². The van der Waals surface area contributed by atoms with E-state index < -0.39 is 0 Å². The minimum atomic E-state index is -0.260. The second-order valence-electron chi connectivity index (χ2n) is 5.58. The molecule has 5 nitrogen and oxygen atoms in total. The van der Waals surface area contributed by atoms with Crippen LogP contribution in [0.15, 0.2) is 66.9 Å². The van der Waals surface area contributed by atoms with Gasteiger partial charge in [0.15, 0.2) is 0 Å². The summed E-state index contributed by atoms with van der Waals surface area (Å²) in [7, 11) is 1.54. The van der Waals surface area contributed by atoms with Crippen molar-refractivity contribution in [2.75, 3.05) is 17.7 Å². The zero-order chi connectivity index (χ0) is 17.6. The lowest BCUT2D eigenvalue weighted by Crippen LogP contribution is -2.14. The van der Waals surface area contributed by atoms with Crippen LogP contribution in [0.1, 0.15) is 15.9 Å². The van der Waals surface area contributed by atoms with Gasteiger partial charge in [0.25, 0.3) is 5.91 Å². The number of pyridine rings is 1. The molecule has 0 fully saturated rings. The number of methoxy groups -OCH3 is 1. The molecule has 0 bridgehead atoms.